The van der Waals surface area contributed by atoms with E-state index in [9.17, 15) is 9.59 Å². The maximum absolute atomic E-state index is 13.4. The lowest BCUT2D eigenvalue weighted by Gasteiger charge is -2.41. The van der Waals surface area contributed by atoms with Crippen molar-refractivity contribution in [2.75, 3.05) is 39.5 Å². The molecule has 3 aliphatic heterocycles. The predicted molar refractivity (Wildman–Crippen MR) is 131 cm³/mol. The lowest BCUT2D eigenvalue weighted by Crippen LogP contribution is -2.47. The highest BCUT2D eigenvalue weighted by Gasteiger charge is 2.54. The number of rotatable bonds is 6. The van der Waals surface area contributed by atoms with Crippen LogP contribution in [0.15, 0.2) is 52.8 Å². The Hall–Kier alpha value is -3.13. The number of esters is 2. The van der Waals surface area contributed by atoms with Crippen molar-refractivity contribution in [1.82, 2.24) is 9.91 Å². The molecule has 2 atom stereocenters. The number of morpholine rings is 1. The summed E-state index contributed by atoms with van der Waals surface area (Å²) in [5.74, 6) is -0.526. The fraction of sp³-hybridized carbons (Fsp3) is 0.519. The summed E-state index contributed by atoms with van der Waals surface area (Å²) in [4.78, 5) is 29.1. The van der Waals surface area contributed by atoms with Crippen LogP contribution in [-0.2, 0) is 23.8 Å². The number of fused-ring (bicyclic) bond motifs is 1. The van der Waals surface area contributed by atoms with E-state index in [1.54, 1.807) is 13.8 Å². The number of amidine groups is 1. The Morgan fingerprint density at radius 1 is 1.06 bits per heavy atom. The first kappa shape index (κ1) is 23.6. The van der Waals surface area contributed by atoms with Crippen molar-refractivity contribution < 1.29 is 23.8 Å². The summed E-state index contributed by atoms with van der Waals surface area (Å²) in [6.45, 7) is 6.81. The van der Waals surface area contributed by atoms with Gasteiger partial charge in [0, 0.05) is 18.7 Å². The van der Waals surface area contributed by atoms with Gasteiger partial charge in [-0.3, -0.25) is 9.80 Å². The third kappa shape index (κ3) is 4.35. The van der Waals surface area contributed by atoms with Crippen LogP contribution in [0.2, 0.25) is 0 Å². The number of carbonyl (C=O) groups is 2. The Morgan fingerprint density at radius 3 is 2.40 bits per heavy atom. The van der Waals surface area contributed by atoms with Crippen LogP contribution in [0.3, 0.4) is 0 Å². The Bertz CT molecular complexity index is 1050. The number of nitrogens with zero attached hydrogens (tertiary/aromatic N) is 3. The first-order chi connectivity index (χ1) is 17.1. The summed E-state index contributed by atoms with van der Waals surface area (Å²) in [7, 11) is 0. The van der Waals surface area contributed by atoms with Crippen molar-refractivity contribution in [3.05, 3.63) is 53.2 Å². The molecule has 186 valence electrons. The zero-order valence-corrected chi connectivity index (χ0v) is 20.4. The molecule has 35 heavy (non-hydrogen) atoms. The van der Waals surface area contributed by atoms with Gasteiger partial charge in [-0.05, 0) is 44.2 Å². The maximum atomic E-state index is 13.4. The van der Waals surface area contributed by atoms with Crippen molar-refractivity contribution in [3.8, 4) is 0 Å². The lowest BCUT2D eigenvalue weighted by atomic mass is 9.74. The molecule has 0 radical (unpaired) electrons. The van der Waals surface area contributed by atoms with Crippen molar-refractivity contribution in [3.63, 3.8) is 0 Å². The fourth-order valence-electron chi connectivity index (χ4n) is 5.41. The molecule has 4 aliphatic rings. The van der Waals surface area contributed by atoms with Gasteiger partial charge in [-0.2, -0.15) is 5.10 Å². The van der Waals surface area contributed by atoms with Gasteiger partial charge < -0.3 is 19.1 Å². The van der Waals surface area contributed by atoms with Crippen LogP contribution >= 0.6 is 0 Å². The Kier molecular flexibility index (Phi) is 6.90. The molecule has 1 saturated heterocycles. The van der Waals surface area contributed by atoms with E-state index in [4.69, 9.17) is 19.3 Å². The van der Waals surface area contributed by atoms with Crippen molar-refractivity contribution >= 4 is 23.3 Å². The van der Waals surface area contributed by atoms with E-state index >= 15 is 0 Å². The minimum absolute atomic E-state index is 0.228. The first-order valence-corrected chi connectivity index (χ1v) is 12.7. The minimum Gasteiger partial charge on any atom is -0.465 e. The van der Waals surface area contributed by atoms with Gasteiger partial charge in [0.05, 0.1) is 43.7 Å². The number of hydrogen-bond acceptors (Lipinski definition) is 8. The Labute approximate surface area is 206 Å². The van der Waals surface area contributed by atoms with E-state index in [1.807, 2.05) is 41.4 Å². The molecule has 0 aromatic heterocycles. The molecule has 2 unspecified atom stereocenters. The molecule has 0 bridgehead atoms. The van der Waals surface area contributed by atoms with Gasteiger partial charge in [-0.25, -0.2) is 4.79 Å². The molecule has 3 heterocycles. The normalized spacial score (nSPS) is 24.4. The number of ether oxygens (including phenoxy) is 3. The largest absolute Gasteiger partial charge is 0.465 e. The Balaban J connectivity index is 1.70. The zero-order chi connectivity index (χ0) is 24.4. The predicted octanol–water partition coefficient (Wildman–Crippen LogP) is 3.21. The lowest BCUT2D eigenvalue weighted by molar-refractivity contribution is -0.152. The van der Waals surface area contributed by atoms with E-state index in [0.717, 1.165) is 49.3 Å². The topological polar surface area (TPSA) is 80.7 Å². The van der Waals surface area contributed by atoms with E-state index < -0.39 is 11.9 Å². The second kappa shape index (κ2) is 10.2. The number of allylic oxidation sites excluding steroid dienone is 1. The molecule has 0 spiro atoms. The second-order valence-electron chi connectivity index (χ2n) is 9.22. The van der Waals surface area contributed by atoms with Crippen LogP contribution < -0.4 is 0 Å². The molecule has 8 nitrogen and oxygen atoms in total. The van der Waals surface area contributed by atoms with Gasteiger partial charge in [0.1, 0.15) is 11.8 Å². The van der Waals surface area contributed by atoms with Gasteiger partial charge in [0.25, 0.3) is 0 Å². The molecule has 1 aromatic rings. The van der Waals surface area contributed by atoms with E-state index in [0.29, 0.717) is 24.5 Å². The number of benzene rings is 1. The summed E-state index contributed by atoms with van der Waals surface area (Å²) >= 11 is 0. The van der Waals surface area contributed by atoms with Crippen LogP contribution in [0.4, 0.5) is 0 Å². The minimum atomic E-state index is -0.741. The summed E-state index contributed by atoms with van der Waals surface area (Å²) in [5, 5.41) is 7.03. The van der Waals surface area contributed by atoms with Gasteiger partial charge in [-0.15, -0.1) is 0 Å². The molecule has 5 rings (SSSR count). The molecule has 1 aromatic carbocycles. The maximum Gasteiger partial charge on any atom is 0.337 e. The Morgan fingerprint density at radius 2 is 1.77 bits per heavy atom. The third-order valence-electron chi connectivity index (χ3n) is 7.25. The third-order valence-corrected chi connectivity index (χ3v) is 7.25. The van der Waals surface area contributed by atoms with E-state index in [2.05, 4.69) is 4.90 Å². The molecule has 0 amide bonds. The molecule has 1 saturated carbocycles. The smallest absolute Gasteiger partial charge is 0.337 e. The summed E-state index contributed by atoms with van der Waals surface area (Å²) < 4.78 is 16.6. The van der Waals surface area contributed by atoms with Gasteiger partial charge in [-0.1, -0.05) is 36.8 Å². The van der Waals surface area contributed by atoms with Crippen LogP contribution in [0.5, 0.6) is 0 Å². The monoisotopic (exact) mass is 479 g/mol. The van der Waals surface area contributed by atoms with Crippen LogP contribution in [0.25, 0.3) is 5.57 Å². The highest BCUT2D eigenvalue weighted by molar-refractivity contribution is 6.08. The van der Waals surface area contributed by atoms with E-state index in [1.165, 1.54) is 0 Å². The molecule has 2 fully saturated rings. The number of hydrogen-bond donors (Lipinski definition) is 0. The van der Waals surface area contributed by atoms with Crippen molar-refractivity contribution in [1.29, 1.82) is 0 Å². The molecule has 1 aliphatic carbocycles. The van der Waals surface area contributed by atoms with Gasteiger partial charge in [0.2, 0.25) is 0 Å². The number of carbonyl (C=O) groups excluding carboxylic acids is 2. The van der Waals surface area contributed by atoms with E-state index in [-0.39, 0.29) is 31.1 Å². The fourth-order valence-corrected chi connectivity index (χ4v) is 5.41. The highest BCUT2D eigenvalue weighted by Crippen LogP contribution is 2.50. The zero-order valence-electron chi connectivity index (χ0n) is 20.4. The second-order valence-corrected chi connectivity index (χ2v) is 9.22. The van der Waals surface area contributed by atoms with Crippen molar-refractivity contribution in [2.24, 2.45) is 16.9 Å². The van der Waals surface area contributed by atoms with Crippen molar-refractivity contribution in [2.45, 2.75) is 39.2 Å². The van der Waals surface area contributed by atoms with Crippen LogP contribution in [0.1, 0.15) is 38.7 Å². The number of hydrazone groups is 1. The first-order valence-electron chi connectivity index (χ1n) is 12.7. The molecular weight excluding hydrogens is 446 g/mol. The van der Waals surface area contributed by atoms with Gasteiger partial charge >= 0.3 is 11.9 Å². The standard InChI is InChI=1S/C27H33N3O5/c1-3-34-26(31)22-23(27(32)35-4-2)25-20(18-9-6-5-7-10-18)17-21(29-13-15-33-16-14-29)28-30(25)24(22)19-11-8-12-19/h5-7,9-10,17,19,22,24H,3-4,8,11-16H2,1-2H3. The summed E-state index contributed by atoms with van der Waals surface area (Å²) in [6.07, 6.45) is 5.13. The highest BCUT2D eigenvalue weighted by atomic mass is 16.5. The van der Waals surface area contributed by atoms with Crippen LogP contribution in [0, 0.1) is 11.8 Å². The summed E-state index contributed by atoms with van der Waals surface area (Å²) in [6, 6.07) is 9.70. The quantitative estimate of drug-likeness (QED) is 0.580. The summed E-state index contributed by atoms with van der Waals surface area (Å²) in [5.41, 5.74) is 2.87. The van der Waals surface area contributed by atoms with Crippen LogP contribution in [-0.4, -0.2) is 73.2 Å². The van der Waals surface area contributed by atoms with Gasteiger partial charge in [0.15, 0.2) is 0 Å². The molecule has 8 heteroatoms. The average Bonchev–Trinajstić information content (AvgIpc) is 3.19. The SMILES string of the molecule is CCOC(=O)C1=C2C(c3ccccc3)=CC(N3CCOCC3)=NN2C(C2CCC2)C1C(=O)OCC. The molecule has 0 N–H and O–H groups in total. The molecular formula is C27H33N3O5. The average molecular weight is 480 g/mol.